The van der Waals surface area contributed by atoms with Crippen molar-refractivity contribution in [2.75, 3.05) is 29.5 Å². The van der Waals surface area contributed by atoms with Gasteiger partial charge >= 0.3 is 0 Å². The highest BCUT2D eigenvalue weighted by Gasteiger charge is 2.21. The third kappa shape index (κ3) is 3.33. The highest BCUT2D eigenvalue weighted by molar-refractivity contribution is 7.18. The van der Waals surface area contributed by atoms with Gasteiger partial charge in [-0.1, -0.05) is 36.5 Å². The van der Waals surface area contributed by atoms with E-state index in [1.807, 2.05) is 31.2 Å². The predicted molar refractivity (Wildman–Crippen MR) is 89.2 cm³/mol. The van der Waals surface area contributed by atoms with Crippen molar-refractivity contribution in [3.05, 3.63) is 34.7 Å². The third-order valence-electron chi connectivity index (χ3n) is 3.16. The molecule has 5 nitrogen and oxygen atoms in total. The van der Waals surface area contributed by atoms with E-state index in [-0.39, 0.29) is 11.7 Å². The molecule has 6 heteroatoms. The Morgan fingerprint density at radius 1 is 1.43 bits per heavy atom. The molecule has 0 bridgehead atoms. The van der Waals surface area contributed by atoms with E-state index < -0.39 is 0 Å². The Morgan fingerprint density at radius 2 is 2.14 bits per heavy atom. The maximum Gasteiger partial charge on any atom is 0.272 e. The average molecular weight is 304 g/mol. The van der Waals surface area contributed by atoms with Crippen LogP contribution in [0, 0.1) is 6.92 Å². The number of carbonyl (C=O) groups excluding carboxylic acids is 1. The van der Waals surface area contributed by atoms with Gasteiger partial charge in [-0.2, -0.15) is 0 Å². The van der Waals surface area contributed by atoms with E-state index in [0.717, 1.165) is 24.2 Å². The van der Waals surface area contributed by atoms with Crippen LogP contribution in [0.1, 0.15) is 28.6 Å². The summed E-state index contributed by atoms with van der Waals surface area (Å²) in [6, 6.07) is 7.76. The number of rotatable bonds is 5. The van der Waals surface area contributed by atoms with Crippen LogP contribution >= 0.6 is 11.3 Å². The molecule has 1 aromatic heterocycles. The van der Waals surface area contributed by atoms with E-state index in [9.17, 15) is 4.79 Å². The van der Waals surface area contributed by atoms with Crippen LogP contribution in [0.25, 0.3) is 0 Å². The first-order valence-electron chi connectivity index (χ1n) is 6.88. The van der Waals surface area contributed by atoms with Crippen LogP contribution < -0.4 is 16.0 Å². The largest absolute Gasteiger partial charge is 0.382 e. The van der Waals surface area contributed by atoms with E-state index in [1.54, 1.807) is 11.9 Å². The number of aryl methyl sites for hydroxylation is 1. The quantitative estimate of drug-likeness (QED) is 0.890. The molecule has 0 aliphatic rings. The van der Waals surface area contributed by atoms with Crippen molar-refractivity contribution < 1.29 is 4.79 Å². The van der Waals surface area contributed by atoms with Crippen molar-refractivity contribution in [1.82, 2.24) is 4.98 Å². The minimum absolute atomic E-state index is 0.135. The molecule has 1 heterocycles. The molecule has 0 fully saturated rings. The van der Waals surface area contributed by atoms with Gasteiger partial charge in [0, 0.05) is 19.3 Å². The Morgan fingerprint density at radius 3 is 2.81 bits per heavy atom. The monoisotopic (exact) mass is 304 g/mol. The van der Waals surface area contributed by atoms with E-state index >= 15 is 0 Å². The van der Waals surface area contributed by atoms with Crippen LogP contribution in [0.3, 0.4) is 0 Å². The molecule has 3 N–H and O–H groups in total. The number of carbonyl (C=O) groups is 1. The molecule has 1 aromatic carbocycles. The highest BCUT2D eigenvalue weighted by Crippen LogP contribution is 2.28. The molecule has 112 valence electrons. The summed E-state index contributed by atoms with van der Waals surface area (Å²) in [5.41, 5.74) is 7.80. The molecule has 0 spiro atoms. The Hall–Kier alpha value is -2.08. The van der Waals surface area contributed by atoms with Crippen LogP contribution in [-0.2, 0) is 0 Å². The number of hydrogen-bond donors (Lipinski definition) is 2. The van der Waals surface area contributed by atoms with Gasteiger partial charge in [0.25, 0.3) is 5.91 Å². The summed E-state index contributed by atoms with van der Waals surface area (Å²) in [4.78, 5) is 18.9. The number of nitrogens with zero attached hydrogens (tertiary/aromatic N) is 2. The summed E-state index contributed by atoms with van der Waals surface area (Å²) in [5.74, 6) is 0.146. The Kier molecular flexibility index (Phi) is 4.80. The third-order valence-corrected chi connectivity index (χ3v) is 4.17. The van der Waals surface area contributed by atoms with Crippen molar-refractivity contribution in [2.24, 2.45) is 0 Å². The van der Waals surface area contributed by atoms with Gasteiger partial charge in [-0.3, -0.25) is 4.79 Å². The molecule has 0 atom stereocenters. The van der Waals surface area contributed by atoms with Gasteiger partial charge in [0.1, 0.15) is 10.7 Å². The van der Waals surface area contributed by atoms with Gasteiger partial charge in [0.05, 0.1) is 0 Å². The maximum absolute atomic E-state index is 12.6. The van der Waals surface area contributed by atoms with Crippen LogP contribution in [0.15, 0.2) is 24.3 Å². The van der Waals surface area contributed by atoms with Crippen molar-refractivity contribution in [3.8, 4) is 0 Å². The second kappa shape index (κ2) is 6.58. The van der Waals surface area contributed by atoms with Crippen LogP contribution in [0.2, 0.25) is 0 Å². The number of benzene rings is 1. The van der Waals surface area contributed by atoms with E-state index in [4.69, 9.17) is 5.73 Å². The van der Waals surface area contributed by atoms with Gasteiger partial charge in [-0.25, -0.2) is 4.98 Å². The lowest BCUT2D eigenvalue weighted by Gasteiger charge is -2.18. The zero-order valence-electron chi connectivity index (χ0n) is 12.5. The lowest BCUT2D eigenvalue weighted by molar-refractivity contribution is 0.0997. The minimum Gasteiger partial charge on any atom is -0.382 e. The molecule has 2 aromatic rings. The number of hydrogen-bond acceptors (Lipinski definition) is 5. The smallest absolute Gasteiger partial charge is 0.272 e. The fourth-order valence-electron chi connectivity index (χ4n) is 1.99. The van der Waals surface area contributed by atoms with Gasteiger partial charge < -0.3 is 16.0 Å². The standard InChI is InChI=1S/C15H20N4OS/c1-4-9-17-15-18-13(16)12(21-15)14(20)19(3)11-8-6-5-7-10(11)2/h5-8H,4,9,16H2,1-3H3,(H,17,18). The lowest BCUT2D eigenvalue weighted by Crippen LogP contribution is -2.26. The van der Waals surface area contributed by atoms with Gasteiger partial charge in [0.15, 0.2) is 5.13 Å². The fraction of sp³-hybridized carbons (Fsp3) is 0.333. The molecule has 21 heavy (non-hydrogen) atoms. The summed E-state index contributed by atoms with van der Waals surface area (Å²) in [6.45, 7) is 4.86. The molecular weight excluding hydrogens is 284 g/mol. The number of para-hydroxylation sites is 1. The maximum atomic E-state index is 12.6. The van der Waals surface area contributed by atoms with Crippen molar-refractivity contribution >= 4 is 33.9 Å². The van der Waals surface area contributed by atoms with E-state index in [2.05, 4.69) is 17.2 Å². The average Bonchev–Trinajstić information content (AvgIpc) is 2.85. The first-order chi connectivity index (χ1) is 10.0. The summed E-state index contributed by atoms with van der Waals surface area (Å²) < 4.78 is 0. The number of nitrogens with one attached hydrogen (secondary N) is 1. The summed E-state index contributed by atoms with van der Waals surface area (Å²) in [7, 11) is 1.75. The summed E-state index contributed by atoms with van der Waals surface area (Å²) >= 11 is 1.30. The second-order valence-electron chi connectivity index (χ2n) is 4.81. The molecule has 0 radical (unpaired) electrons. The number of amides is 1. The molecule has 1 amide bonds. The highest BCUT2D eigenvalue weighted by atomic mass is 32.1. The van der Waals surface area contributed by atoms with Crippen molar-refractivity contribution in [2.45, 2.75) is 20.3 Å². The fourth-order valence-corrected chi connectivity index (χ4v) is 2.88. The summed E-state index contributed by atoms with van der Waals surface area (Å²) in [5, 5.41) is 3.85. The van der Waals surface area contributed by atoms with E-state index in [1.165, 1.54) is 11.3 Å². The zero-order chi connectivity index (χ0) is 15.4. The first-order valence-corrected chi connectivity index (χ1v) is 7.70. The molecule has 0 aliphatic carbocycles. The van der Waals surface area contributed by atoms with Gasteiger partial charge in [-0.15, -0.1) is 0 Å². The topological polar surface area (TPSA) is 71.2 Å². The number of nitrogens with two attached hydrogens (primary N) is 1. The predicted octanol–water partition coefficient (Wildman–Crippen LogP) is 3.13. The lowest BCUT2D eigenvalue weighted by atomic mass is 10.2. The molecular formula is C15H20N4OS. The number of thiazole rings is 1. The minimum atomic E-state index is -0.135. The zero-order valence-corrected chi connectivity index (χ0v) is 13.3. The molecule has 0 unspecified atom stereocenters. The number of nitrogen functional groups attached to an aromatic ring is 1. The molecule has 0 aliphatic heterocycles. The summed E-state index contributed by atoms with van der Waals surface area (Å²) in [6.07, 6.45) is 0.992. The Balaban J connectivity index is 2.23. The normalized spacial score (nSPS) is 10.4. The van der Waals surface area contributed by atoms with Gasteiger partial charge in [0.2, 0.25) is 0 Å². The molecule has 0 saturated heterocycles. The number of aromatic nitrogens is 1. The van der Waals surface area contributed by atoms with Gasteiger partial charge in [-0.05, 0) is 25.0 Å². The van der Waals surface area contributed by atoms with Crippen molar-refractivity contribution in [3.63, 3.8) is 0 Å². The first kappa shape index (κ1) is 15.3. The second-order valence-corrected chi connectivity index (χ2v) is 5.81. The number of anilines is 3. The van der Waals surface area contributed by atoms with Crippen LogP contribution in [0.4, 0.5) is 16.6 Å². The van der Waals surface area contributed by atoms with E-state index in [0.29, 0.717) is 10.0 Å². The SMILES string of the molecule is CCCNc1nc(N)c(C(=O)N(C)c2ccccc2C)s1. The van der Waals surface area contributed by atoms with Crippen molar-refractivity contribution in [1.29, 1.82) is 0 Å². The Labute approximate surface area is 128 Å². The molecule has 2 rings (SSSR count). The molecule has 0 saturated carbocycles. The van der Waals surface area contributed by atoms with Crippen LogP contribution in [0.5, 0.6) is 0 Å². The van der Waals surface area contributed by atoms with Crippen LogP contribution in [-0.4, -0.2) is 24.5 Å². The Bertz CT molecular complexity index is 638.